The Morgan fingerprint density at radius 1 is 1.21 bits per heavy atom. The van der Waals surface area contributed by atoms with E-state index in [-0.39, 0.29) is 6.01 Å². The summed E-state index contributed by atoms with van der Waals surface area (Å²) >= 11 is 0. The van der Waals surface area contributed by atoms with E-state index >= 15 is 0 Å². The number of hydrogen-bond acceptors (Lipinski definition) is 7. The van der Waals surface area contributed by atoms with Crippen LogP contribution in [0, 0.1) is 5.41 Å². The molecule has 0 aromatic carbocycles. The molecule has 106 valence electrons. The van der Waals surface area contributed by atoms with Crippen molar-refractivity contribution in [1.29, 1.82) is 0 Å². The number of hydrazine groups is 1. The Balaban J connectivity index is 2.00. The lowest BCUT2D eigenvalue weighted by molar-refractivity contribution is 0.312. The Hall–Kier alpha value is -1.63. The topological polar surface area (TPSA) is 98.0 Å². The second kappa shape index (κ2) is 6.01. The molecule has 0 bridgehead atoms. The molecule has 0 saturated heterocycles. The van der Waals surface area contributed by atoms with Crippen molar-refractivity contribution in [3.63, 3.8) is 0 Å². The highest BCUT2D eigenvalue weighted by atomic mass is 16.5. The average molecular weight is 266 g/mol. The van der Waals surface area contributed by atoms with Crippen LogP contribution < -0.4 is 21.3 Å². The van der Waals surface area contributed by atoms with E-state index in [1.165, 1.54) is 25.7 Å². The van der Waals surface area contributed by atoms with Crippen molar-refractivity contribution < 1.29 is 4.74 Å². The summed E-state index contributed by atoms with van der Waals surface area (Å²) < 4.78 is 5.29. The van der Waals surface area contributed by atoms with Crippen LogP contribution in [0.2, 0.25) is 0 Å². The smallest absolute Gasteiger partial charge is 0.323 e. The minimum atomic E-state index is 0.285. The lowest BCUT2D eigenvalue weighted by atomic mass is 10.0. The van der Waals surface area contributed by atoms with Gasteiger partial charge in [0.25, 0.3) is 0 Å². The standard InChI is InChI=1S/C12H22N6O/c1-3-5-12(6-7-12)8-14-9-15-10(18-13)17-11(16-9)19-4-2/h3-8,13H2,1-2H3,(H2,14,15,16,17,18). The maximum absolute atomic E-state index is 5.34. The minimum absolute atomic E-state index is 0.285. The molecule has 1 aromatic rings. The van der Waals surface area contributed by atoms with Crippen molar-refractivity contribution >= 4 is 11.9 Å². The highest BCUT2D eigenvalue weighted by Gasteiger charge is 2.41. The maximum Gasteiger partial charge on any atom is 0.323 e. The number of hydrogen-bond donors (Lipinski definition) is 3. The predicted octanol–water partition coefficient (Wildman–Crippen LogP) is 1.55. The van der Waals surface area contributed by atoms with Gasteiger partial charge in [0.1, 0.15) is 0 Å². The van der Waals surface area contributed by atoms with Crippen molar-refractivity contribution in [2.24, 2.45) is 11.3 Å². The Morgan fingerprint density at radius 3 is 2.53 bits per heavy atom. The number of anilines is 2. The molecule has 7 nitrogen and oxygen atoms in total. The van der Waals surface area contributed by atoms with Crippen LogP contribution in [0.5, 0.6) is 6.01 Å². The molecule has 0 radical (unpaired) electrons. The number of nitrogens with two attached hydrogens (primary N) is 1. The molecule has 0 unspecified atom stereocenters. The number of ether oxygens (including phenoxy) is 1. The summed E-state index contributed by atoms with van der Waals surface area (Å²) in [6.45, 7) is 5.49. The molecule has 7 heteroatoms. The Labute approximate surface area is 113 Å². The van der Waals surface area contributed by atoms with E-state index in [9.17, 15) is 0 Å². The van der Waals surface area contributed by atoms with E-state index in [0.717, 1.165) is 6.54 Å². The zero-order chi connectivity index (χ0) is 13.7. The normalized spacial score (nSPS) is 15.9. The molecule has 1 aromatic heterocycles. The van der Waals surface area contributed by atoms with E-state index in [0.29, 0.717) is 23.9 Å². The SMILES string of the molecule is CCCC1(CNc2nc(NN)nc(OCC)n2)CC1. The van der Waals surface area contributed by atoms with Gasteiger partial charge in [-0.25, -0.2) is 5.84 Å². The molecule has 0 atom stereocenters. The molecule has 1 heterocycles. The van der Waals surface area contributed by atoms with Gasteiger partial charge in [0.2, 0.25) is 11.9 Å². The van der Waals surface area contributed by atoms with Crippen LogP contribution in [-0.2, 0) is 0 Å². The van der Waals surface area contributed by atoms with Crippen LogP contribution in [0.4, 0.5) is 11.9 Å². The Bertz CT molecular complexity index is 421. The summed E-state index contributed by atoms with van der Waals surface area (Å²) in [5.41, 5.74) is 2.86. The van der Waals surface area contributed by atoms with Crippen molar-refractivity contribution in [2.45, 2.75) is 39.5 Å². The zero-order valence-corrected chi connectivity index (χ0v) is 11.6. The van der Waals surface area contributed by atoms with E-state index in [4.69, 9.17) is 10.6 Å². The lowest BCUT2D eigenvalue weighted by Gasteiger charge is -2.15. The van der Waals surface area contributed by atoms with Crippen LogP contribution in [0.3, 0.4) is 0 Å². The van der Waals surface area contributed by atoms with Crippen LogP contribution in [0.1, 0.15) is 39.5 Å². The van der Waals surface area contributed by atoms with Gasteiger partial charge < -0.3 is 10.1 Å². The van der Waals surface area contributed by atoms with Crippen molar-refractivity contribution in [2.75, 3.05) is 23.9 Å². The first-order chi connectivity index (χ1) is 9.21. The maximum atomic E-state index is 5.34. The molecule has 0 aliphatic heterocycles. The third kappa shape index (κ3) is 3.66. The number of nitrogens with one attached hydrogen (secondary N) is 2. The van der Waals surface area contributed by atoms with Crippen LogP contribution >= 0.6 is 0 Å². The highest BCUT2D eigenvalue weighted by Crippen LogP contribution is 2.49. The molecule has 2 rings (SSSR count). The summed E-state index contributed by atoms with van der Waals surface area (Å²) in [6.07, 6.45) is 5.00. The fourth-order valence-corrected chi connectivity index (χ4v) is 2.18. The van der Waals surface area contributed by atoms with Crippen LogP contribution in [-0.4, -0.2) is 28.1 Å². The van der Waals surface area contributed by atoms with Crippen molar-refractivity contribution in [1.82, 2.24) is 15.0 Å². The van der Waals surface area contributed by atoms with Crippen molar-refractivity contribution in [3.05, 3.63) is 0 Å². The van der Waals surface area contributed by atoms with E-state index < -0.39 is 0 Å². The summed E-state index contributed by atoms with van der Waals surface area (Å²) in [4.78, 5) is 12.4. The molecule has 4 N–H and O–H groups in total. The first kappa shape index (κ1) is 13.8. The molecular weight excluding hydrogens is 244 g/mol. The molecule has 19 heavy (non-hydrogen) atoms. The predicted molar refractivity (Wildman–Crippen MR) is 73.9 cm³/mol. The summed E-state index contributed by atoms with van der Waals surface area (Å²) in [5.74, 6) is 6.15. The lowest BCUT2D eigenvalue weighted by Crippen LogP contribution is -2.19. The summed E-state index contributed by atoms with van der Waals surface area (Å²) in [5, 5.41) is 3.27. The molecule has 0 spiro atoms. The van der Waals surface area contributed by atoms with Gasteiger partial charge in [-0.2, -0.15) is 15.0 Å². The van der Waals surface area contributed by atoms with E-state index in [1.54, 1.807) is 0 Å². The zero-order valence-electron chi connectivity index (χ0n) is 11.6. The number of aromatic nitrogens is 3. The van der Waals surface area contributed by atoms with E-state index in [2.05, 4.69) is 32.6 Å². The molecule has 1 fully saturated rings. The van der Waals surface area contributed by atoms with Gasteiger partial charge in [0.05, 0.1) is 6.61 Å². The van der Waals surface area contributed by atoms with Crippen LogP contribution in [0.25, 0.3) is 0 Å². The van der Waals surface area contributed by atoms with Gasteiger partial charge in [-0.15, -0.1) is 0 Å². The van der Waals surface area contributed by atoms with Gasteiger partial charge in [-0.3, -0.25) is 5.43 Å². The average Bonchev–Trinajstić information content (AvgIpc) is 3.17. The van der Waals surface area contributed by atoms with Crippen LogP contribution in [0.15, 0.2) is 0 Å². The van der Waals surface area contributed by atoms with Gasteiger partial charge >= 0.3 is 6.01 Å². The van der Waals surface area contributed by atoms with E-state index in [1.807, 2.05) is 6.92 Å². The minimum Gasteiger partial charge on any atom is -0.464 e. The summed E-state index contributed by atoms with van der Waals surface area (Å²) in [7, 11) is 0. The summed E-state index contributed by atoms with van der Waals surface area (Å²) in [6, 6.07) is 0.285. The van der Waals surface area contributed by atoms with Gasteiger partial charge in [-0.05, 0) is 31.6 Å². The fourth-order valence-electron chi connectivity index (χ4n) is 2.18. The third-order valence-electron chi connectivity index (χ3n) is 3.38. The number of nitrogens with zero attached hydrogens (tertiary/aromatic N) is 3. The first-order valence-corrected chi connectivity index (χ1v) is 6.81. The monoisotopic (exact) mass is 266 g/mol. The molecule has 1 aliphatic rings. The molecular formula is C12H22N6O. The number of nitrogen functional groups attached to an aromatic ring is 1. The number of rotatable bonds is 8. The quantitative estimate of drug-likeness (QED) is 0.485. The largest absolute Gasteiger partial charge is 0.464 e. The fraction of sp³-hybridized carbons (Fsp3) is 0.750. The second-order valence-electron chi connectivity index (χ2n) is 4.95. The van der Waals surface area contributed by atoms with Gasteiger partial charge in [0.15, 0.2) is 0 Å². The highest BCUT2D eigenvalue weighted by molar-refractivity contribution is 5.35. The molecule has 1 saturated carbocycles. The Kier molecular flexibility index (Phi) is 4.36. The van der Waals surface area contributed by atoms with Crippen molar-refractivity contribution in [3.8, 4) is 6.01 Å². The van der Waals surface area contributed by atoms with Gasteiger partial charge in [-0.1, -0.05) is 13.3 Å². The Morgan fingerprint density at radius 2 is 1.95 bits per heavy atom. The molecule has 0 amide bonds. The third-order valence-corrected chi connectivity index (χ3v) is 3.38. The molecule has 1 aliphatic carbocycles. The van der Waals surface area contributed by atoms with Gasteiger partial charge in [0, 0.05) is 6.54 Å². The first-order valence-electron chi connectivity index (χ1n) is 6.81. The second-order valence-corrected chi connectivity index (χ2v) is 4.95.